The van der Waals surface area contributed by atoms with Crippen LogP contribution >= 0.6 is 11.6 Å². The topological polar surface area (TPSA) is 108 Å². The zero-order chi connectivity index (χ0) is 22.9. The maximum Gasteiger partial charge on any atom is 0.435 e. The Labute approximate surface area is 177 Å². The highest BCUT2D eigenvalue weighted by molar-refractivity contribution is 6.34. The predicted molar refractivity (Wildman–Crippen MR) is 104 cm³/mol. The van der Waals surface area contributed by atoms with Crippen molar-refractivity contribution in [3.63, 3.8) is 0 Å². The van der Waals surface area contributed by atoms with Gasteiger partial charge in [-0.2, -0.15) is 23.3 Å². The predicted octanol–water partition coefficient (Wildman–Crippen LogP) is 4.07. The first-order valence-corrected chi connectivity index (χ1v) is 9.01. The first-order valence-electron chi connectivity index (χ1n) is 8.63. The van der Waals surface area contributed by atoms with E-state index in [4.69, 9.17) is 16.3 Å². The van der Waals surface area contributed by atoms with Gasteiger partial charge >= 0.3 is 6.18 Å². The van der Waals surface area contributed by atoms with Crippen molar-refractivity contribution in [3.8, 4) is 11.5 Å². The van der Waals surface area contributed by atoms with Crippen molar-refractivity contribution in [2.45, 2.75) is 13.1 Å². The summed E-state index contributed by atoms with van der Waals surface area (Å²) in [6, 6.07) is 7.16. The van der Waals surface area contributed by atoms with Gasteiger partial charge in [-0.1, -0.05) is 11.6 Å². The van der Waals surface area contributed by atoms with E-state index in [0.717, 1.165) is 18.2 Å². The van der Waals surface area contributed by atoms with E-state index in [1.54, 1.807) is 0 Å². The molecule has 0 saturated carbocycles. The number of benzene rings is 2. The number of hydrogen-bond donors (Lipinski definition) is 0. The standard InChI is InChI=1S/C19H13ClF3N3O5/c1-2-31-15-9-10(8-14(16(15)27)26(29)30)7-13-17(19(21,22)23)24-25(18(13)28)12-5-3-11(20)4-6-12/h3-9,27H,2H2,1H3/p-1/b13-7-. The van der Waals surface area contributed by atoms with Crippen LogP contribution in [0.1, 0.15) is 12.5 Å². The molecule has 2 aromatic rings. The maximum atomic E-state index is 13.6. The summed E-state index contributed by atoms with van der Waals surface area (Å²) in [7, 11) is 0. The molecule has 1 aliphatic heterocycles. The van der Waals surface area contributed by atoms with Crippen molar-refractivity contribution in [3.05, 3.63) is 62.7 Å². The van der Waals surface area contributed by atoms with Crippen LogP contribution in [0.15, 0.2) is 47.1 Å². The molecule has 0 fully saturated rings. The number of nitro groups is 1. The molecule has 0 radical (unpaired) electrons. The van der Waals surface area contributed by atoms with Gasteiger partial charge in [0.25, 0.3) is 11.6 Å². The van der Waals surface area contributed by atoms with Gasteiger partial charge in [0, 0.05) is 16.8 Å². The molecule has 1 amide bonds. The van der Waals surface area contributed by atoms with E-state index in [0.29, 0.717) is 10.0 Å². The van der Waals surface area contributed by atoms with Gasteiger partial charge < -0.3 is 9.84 Å². The number of nitro benzene ring substituents is 1. The number of hydrazone groups is 1. The van der Waals surface area contributed by atoms with Crippen LogP contribution in [-0.4, -0.2) is 29.3 Å². The third-order valence-electron chi connectivity index (χ3n) is 4.08. The first kappa shape index (κ1) is 22.1. The van der Waals surface area contributed by atoms with Crippen molar-refractivity contribution < 1.29 is 32.7 Å². The minimum Gasteiger partial charge on any atom is -0.865 e. The van der Waals surface area contributed by atoms with Crippen molar-refractivity contribution in [2.75, 3.05) is 11.6 Å². The number of alkyl halides is 3. The zero-order valence-corrected chi connectivity index (χ0v) is 16.4. The summed E-state index contributed by atoms with van der Waals surface area (Å²) in [6.07, 6.45) is -4.21. The van der Waals surface area contributed by atoms with Gasteiger partial charge in [0.05, 0.1) is 22.8 Å². The third-order valence-corrected chi connectivity index (χ3v) is 4.33. The fourth-order valence-electron chi connectivity index (χ4n) is 2.77. The lowest BCUT2D eigenvalue weighted by Gasteiger charge is -2.15. The minimum absolute atomic E-state index is 0.00897. The number of halogens is 4. The number of ether oxygens (including phenoxy) is 1. The molecule has 0 aliphatic carbocycles. The fraction of sp³-hybridized carbons (Fsp3) is 0.158. The quantitative estimate of drug-likeness (QED) is 0.384. The molecule has 3 rings (SSSR count). The summed E-state index contributed by atoms with van der Waals surface area (Å²) in [5.41, 5.74) is -3.40. The molecule has 1 aliphatic rings. The Morgan fingerprint density at radius 3 is 2.45 bits per heavy atom. The number of nitrogens with zero attached hydrogens (tertiary/aromatic N) is 3. The summed E-state index contributed by atoms with van der Waals surface area (Å²) in [5, 5.41) is 27.5. The number of anilines is 1. The van der Waals surface area contributed by atoms with E-state index in [2.05, 4.69) is 5.10 Å². The molecule has 2 aromatic carbocycles. The van der Waals surface area contributed by atoms with Crippen molar-refractivity contribution >= 4 is 40.7 Å². The van der Waals surface area contributed by atoms with Crippen molar-refractivity contribution in [2.24, 2.45) is 5.10 Å². The van der Waals surface area contributed by atoms with E-state index in [9.17, 15) is 33.2 Å². The first-order chi connectivity index (χ1) is 14.5. The molecule has 1 heterocycles. The summed E-state index contributed by atoms with van der Waals surface area (Å²) in [4.78, 5) is 22.9. The summed E-state index contributed by atoms with van der Waals surface area (Å²) < 4.78 is 45.7. The Morgan fingerprint density at radius 1 is 1.26 bits per heavy atom. The third kappa shape index (κ3) is 4.45. The SMILES string of the molecule is CCOc1cc(/C=C2\C(=O)N(c3ccc(Cl)cc3)N=C2C(F)(F)F)cc([N+](=O)[O-])c1[O-]. The normalized spacial score (nSPS) is 15.4. The number of amides is 1. The molecular formula is C19H12ClF3N3O5-. The maximum absolute atomic E-state index is 13.6. The van der Waals surface area contributed by atoms with Gasteiger partial charge in [-0.25, -0.2) is 0 Å². The van der Waals surface area contributed by atoms with Crippen LogP contribution in [0.5, 0.6) is 11.5 Å². The Kier molecular flexibility index (Phi) is 5.89. The zero-order valence-electron chi connectivity index (χ0n) is 15.6. The molecule has 0 spiro atoms. The average Bonchev–Trinajstić information content (AvgIpc) is 3.01. The lowest BCUT2D eigenvalue weighted by atomic mass is 10.0. The molecule has 0 atom stereocenters. The van der Waals surface area contributed by atoms with Crippen LogP contribution in [0.4, 0.5) is 24.5 Å². The van der Waals surface area contributed by atoms with E-state index in [1.165, 1.54) is 31.2 Å². The molecule has 0 saturated heterocycles. The van der Waals surface area contributed by atoms with Crippen LogP contribution in [0.25, 0.3) is 6.08 Å². The highest BCUT2D eigenvalue weighted by Crippen LogP contribution is 2.37. The average molecular weight is 455 g/mol. The Balaban J connectivity index is 2.14. The molecule has 0 N–H and O–H groups in total. The van der Waals surface area contributed by atoms with Crippen molar-refractivity contribution in [1.82, 2.24) is 0 Å². The lowest BCUT2D eigenvalue weighted by molar-refractivity contribution is -0.398. The molecule has 31 heavy (non-hydrogen) atoms. The van der Waals surface area contributed by atoms with E-state index in [1.807, 2.05) is 0 Å². The van der Waals surface area contributed by atoms with Gasteiger partial charge in [-0.15, -0.1) is 0 Å². The highest BCUT2D eigenvalue weighted by atomic mass is 35.5. The molecule has 12 heteroatoms. The largest absolute Gasteiger partial charge is 0.865 e. The second kappa shape index (κ2) is 8.26. The summed E-state index contributed by atoms with van der Waals surface area (Å²) in [5.74, 6) is -2.56. The molecule has 162 valence electrons. The van der Waals surface area contributed by atoms with E-state index in [-0.39, 0.29) is 17.9 Å². The second-order valence-electron chi connectivity index (χ2n) is 6.16. The fourth-order valence-corrected chi connectivity index (χ4v) is 2.89. The molecule has 0 aromatic heterocycles. The van der Waals surface area contributed by atoms with Crippen LogP contribution in [-0.2, 0) is 4.79 Å². The van der Waals surface area contributed by atoms with Gasteiger partial charge in [0.1, 0.15) is 5.75 Å². The number of rotatable bonds is 5. The molecular weight excluding hydrogens is 443 g/mol. The van der Waals surface area contributed by atoms with Crippen LogP contribution in [0.2, 0.25) is 5.02 Å². The lowest BCUT2D eigenvalue weighted by Crippen LogP contribution is -2.25. The number of hydrogen-bond acceptors (Lipinski definition) is 6. The van der Waals surface area contributed by atoms with Crippen molar-refractivity contribution in [1.29, 1.82) is 0 Å². The number of carbonyl (C=O) groups is 1. The minimum atomic E-state index is -4.99. The summed E-state index contributed by atoms with van der Waals surface area (Å²) >= 11 is 5.76. The highest BCUT2D eigenvalue weighted by Gasteiger charge is 2.46. The summed E-state index contributed by atoms with van der Waals surface area (Å²) in [6.45, 7) is 1.51. The van der Waals surface area contributed by atoms with Gasteiger partial charge in [0.15, 0.2) is 5.71 Å². The Morgan fingerprint density at radius 2 is 1.90 bits per heavy atom. The van der Waals surface area contributed by atoms with Gasteiger partial charge in [-0.05, 0) is 48.9 Å². The van der Waals surface area contributed by atoms with E-state index >= 15 is 0 Å². The van der Waals surface area contributed by atoms with Gasteiger partial charge in [-0.3, -0.25) is 14.9 Å². The number of carbonyl (C=O) groups excluding carboxylic acids is 1. The Hall–Kier alpha value is -3.60. The molecule has 0 unspecified atom stereocenters. The van der Waals surface area contributed by atoms with Gasteiger partial charge in [0.2, 0.25) is 0 Å². The van der Waals surface area contributed by atoms with Crippen LogP contribution in [0, 0.1) is 10.1 Å². The molecule has 8 nitrogen and oxygen atoms in total. The smallest absolute Gasteiger partial charge is 0.435 e. The second-order valence-corrected chi connectivity index (χ2v) is 6.59. The van der Waals surface area contributed by atoms with Crippen LogP contribution < -0.4 is 14.9 Å². The van der Waals surface area contributed by atoms with Crippen LogP contribution in [0.3, 0.4) is 0 Å². The Bertz CT molecular complexity index is 1110. The molecule has 0 bridgehead atoms. The van der Waals surface area contributed by atoms with E-state index < -0.39 is 45.5 Å². The monoisotopic (exact) mass is 454 g/mol.